The first-order valence-electron chi connectivity index (χ1n) is 21.2. The van der Waals surface area contributed by atoms with Crippen molar-refractivity contribution in [3.8, 4) is 0 Å². The van der Waals surface area contributed by atoms with Crippen molar-refractivity contribution >= 4 is 46.7 Å². The van der Waals surface area contributed by atoms with E-state index in [4.69, 9.17) is 11.5 Å². The molecule has 6 N–H and O–H groups in total. The fourth-order valence-corrected chi connectivity index (χ4v) is 9.87. The molecular weight excluding hydrogens is 761 g/mol. The van der Waals surface area contributed by atoms with Gasteiger partial charge in [0.1, 0.15) is 11.6 Å². The second-order valence-electron chi connectivity index (χ2n) is 18.1. The van der Waals surface area contributed by atoms with Gasteiger partial charge >= 0.3 is 0 Å². The van der Waals surface area contributed by atoms with Gasteiger partial charge in [0.05, 0.1) is 0 Å². The monoisotopic (exact) mass is 826 g/mol. The van der Waals surface area contributed by atoms with Crippen molar-refractivity contribution in [2.75, 3.05) is 50.8 Å². The van der Waals surface area contributed by atoms with Crippen LogP contribution in [0.25, 0.3) is 0 Å². The van der Waals surface area contributed by atoms with E-state index in [1.165, 1.54) is 0 Å². The summed E-state index contributed by atoms with van der Waals surface area (Å²) in [6, 6.07) is 15.7. The van der Waals surface area contributed by atoms with Gasteiger partial charge in [0.2, 0.25) is 0 Å². The zero-order valence-corrected chi connectivity index (χ0v) is 37.3. The standard InChI is InChI=1S/C48H66N4O4S2/c1-47(2,3)39-23-35(27-41(53)31-10-16-51-17-11-31)45(57-20-14-49)37(25-39)29-43(55)33-8-7-9-34(22-33)44(56)30-38-26-40(48(4,5)6)24-36(46(38)58-21-15-50)28-42(54)32-12-18-52-19-13-32/h7-9,22-26,31-32,51-52H,10-21,27-30,49-50H2,1-6H3. The Hall–Kier alpha value is -3.12. The number of carbonyl (C=O) groups excluding carboxylic acids is 4. The Balaban J connectivity index is 1.45. The lowest BCUT2D eigenvalue weighted by Gasteiger charge is -2.26. The average Bonchev–Trinajstić information content (AvgIpc) is 3.20. The number of carbonyl (C=O) groups is 4. The highest BCUT2D eigenvalue weighted by molar-refractivity contribution is 7.99. The van der Waals surface area contributed by atoms with Crippen molar-refractivity contribution in [3.05, 3.63) is 93.0 Å². The molecule has 2 fully saturated rings. The second kappa shape index (κ2) is 20.9. The summed E-state index contributed by atoms with van der Waals surface area (Å²) in [7, 11) is 0. The number of benzene rings is 3. The number of nitrogens with two attached hydrogens (primary N) is 2. The van der Waals surface area contributed by atoms with Crippen molar-refractivity contribution in [3.63, 3.8) is 0 Å². The first-order chi connectivity index (χ1) is 27.6. The molecular formula is C48H66N4O4S2. The summed E-state index contributed by atoms with van der Waals surface area (Å²) >= 11 is 3.24. The highest BCUT2D eigenvalue weighted by Crippen LogP contribution is 2.37. The van der Waals surface area contributed by atoms with E-state index < -0.39 is 0 Å². The fraction of sp³-hybridized carbons (Fsp3) is 0.542. The Morgan fingerprint density at radius 2 is 0.914 bits per heavy atom. The summed E-state index contributed by atoms with van der Waals surface area (Å²) in [6.45, 7) is 17.3. The lowest BCUT2D eigenvalue weighted by atomic mass is 9.82. The SMILES string of the molecule is CC(C)(C)c1cc(CC(=O)c2cccc(C(=O)Cc3cc(C(C)(C)C)cc(CC(=O)C4CCNCC4)c3SCCN)c2)c(SCCN)c(CC(=O)C2CCNCC2)c1. The van der Waals surface area contributed by atoms with E-state index in [0.29, 0.717) is 48.6 Å². The van der Waals surface area contributed by atoms with Crippen molar-refractivity contribution < 1.29 is 19.2 Å². The molecule has 3 aromatic carbocycles. The van der Waals surface area contributed by atoms with Crippen LogP contribution < -0.4 is 22.1 Å². The molecule has 8 nitrogen and oxygen atoms in total. The van der Waals surface area contributed by atoms with Crippen LogP contribution in [0.2, 0.25) is 0 Å². The van der Waals surface area contributed by atoms with Gasteiger partial charge < -0.3 is 22.1 Å². The van der Waals surface area contributed by atoms with E-state index in [2.05, 4.69) is 76.4 Å². The molecule has 0 bridgehead atoms. The normalized spacial score (nSPS) is 15.7. The molecule has 0 saturated carbocycles. The molecule has 58 heavy (non-hydrogen) atoms. The summed E-state index contributed by atoms with van der Waals surface area (Å²) in [5.41, 5.74) is 18.4. The van der Waals surface area contributed by atoms with Crippen LogP contribution in [-0.4, -0.2) is 73.9 Å². The number of hydrogen-bond donors (Lipinski definition) is 4. The maximum Gasteiger partial charge on any atom is 0.167 e. The summed E-state index contributed by atoms with van der Waals surface area (Å²) < 4.78 is 0. The average molecular weight is 827 g/mol. The number of rotatable bonds is 18. The van der Waals surface area contributed by atoms with E-state index >= 15 is 0 Å². The molecule has 2 aliphatic heterocycles. The van der Waals surface area contributed by atoms with Gasteiger partial charge in [-0.05, 0) is 102 Å². The molecule has 2 saturated heterocycles. The molecule has 0 unspecified atom stereocenters. The summed E-state index contributed by atoms with van der Waals surface area (Å²) in [5.74, 6) is 1.76. The Labute approximate surface area is 355 Å². The number of thioether (sulfide) groups is 2. The van der Waals surface area contributed by atoms with Crippen LogP contribution in [0.5, 0.6) is 0 Å². The molecule has 0 radical (unpaired) electrons. The summed E-state index contributed by atoms with van der Waals surface area (Å²) in [5, 5.41) is 6.72. The predicted octanol–water partition coefficient (Wildman–Crippen LogP) is 7.46. The van der Waals surface area contributed by atoms with Gasteiger partial charge in [-0.25, -0.2) is 0 Å². The van der Waals surface area contributed by atoms with Gasteiger partial charge in [0.15, 0.2) is 11.6 Å². The maximum absolute atomic E-state index is 14.3. The number of ketones is 4. The molecule has 0 amide bonds. The first kappa shape index (κ1) is 46.0. The van der Waals surface area contributed by atoms with Gasteiger partial charge in [-0.15, -0.1) is 23.5 Å². The highest BCUT2D eigenvalue weighted by atomic mass is 32.2. The zero-order valence-electron chi connectivity index (χ0n) is 35.7. The summed E-state index contributed by atoms with van der Waals surface area (Å²) in [6.07, 6.45) is 4.34. The quantitative estimate of drug-likeness (QED) is 0.0754. The van der Waals surface area contributed by atoms with Crippen molar-refractivity contribution in [1.82, 2.24) is 10.6 Å². The molecule has 5 rings (SSSR count). The lowest BCUT2D eigenvalue weighted by molar-refractivity contribution is -0.123. The topological polar surface area (TPSA) is 144 Å². The Kier molecular flexibility index (Phi) is 16.6. The van der Waals surface area contributed by atoms with Crippen LogP contribution in [0.4, 0.5) is 0 Å². The van der Waals surface area contributed by atoms with Gasteiger partial charge in [0.25, 0.3) is 0 Å². The lowest BCUT2D eigenvalue weighted by Crippen LogP contribution is -2.32. The Morgan fingerprint density at radius 3 is 1.24 bits per heavy atom. The van der Waals surface area contributed by atoms with Crippen molar-refractivity contribution in [2.45, 2.75) is 114 Å². The maximum atomic E-state index is 14.3. The number of Topliss-reactive ketones (excluding diaryl/α,β-unsaturated/α-hetero) is 4. The molecule has 2 aliphatic rings. The summed E-state index contributed by atoms with van der Waals surface area (Å²) in [4.78, 5) is 57.7. The highest BCUT2D eigenvalue weighted by Gasteiger charge is 2.28. The third-order valence-electron chi connectivity index (χ3n) is 11.5. The molecule has 0 aromatic heterocycles. The minimum absolute atomic E-state index is 0.0388. The van der Waals surface area contributed by atoms with Crippen LogP contribution >= 0.6 is 23.5 Å². The van der Waals surface area contributed by atoms with Crippen LogP contribution in [0.1, 0.15) is 121 Å². The molecule has 2 heterocycles. The second-order valence-corrected chi connectivity index (χ2v) is 20.3. The van der Waals surface area contributed by atoms with Crippen LogP contribution in [0.15, 0.2) is 58.3 Å². The first-order valence-corrected chi connectivity index (χ1v) is 23.2. The van der Waals surface area contributed by atoms with Gasteiger partial charge in [-0.1, -0.05) is 84.0 Å². The molecule has 0 aliphatic carbocycles. The van der Waals surface area contributed by atoms with Gasteiger partial charge in [-0.3, -0.25) is 19.2 Å². The molecule has 0 atom stereocenters. The Morgan fingerprint density at radius 1 is 0.569 bits per heavy atom. The zero-order chi connectivity index (χ0) is 42.0. The fourth-order valence-electron chi connectivity index (χ4n) is 7.96. The number of piperidine rings is 2. The van der Waals surface area contributed by atoms with Crippen LogP contribution in [0, 0.1) is 11.8 Å². The van der Waals surface area contributed by atoms with Crippen LogP contribution in [0.3, 0.4) is 0 Å². The molecule has 3 aromatic rings. The largest absolute Gasteiger partial charge is 0.330 e. The third kappa shape index (κ3) is 12.5. The van der Waals surface area contributed by atoms with E-state index in [1.54, 1.807) is 47.8 Å². The van der Waals surface area contributed by atoms with Gasteiger partial charge in [-0.2, -0.15) is 0 Å². The van der Waals surface area contributed by atoms with Crippen molar-refractivity contribution in [1.29, 1.82) is 0 Å². The van der Waals surface area contributed by atoms with E-state index in [-0.39, 0.29) is 58.6 Å². The minimum Gasteiger partial charge on any atom is -0.330 e. The smallest absolute Gasteiger partial charge is 0.167 e. The van der Waals surface area contributed by atoms with Gasteiger partial charge in [0, 0.05) is 83.0 Å². The number of nitrogens with one attached hydrogen (secondary N) is 2. The molecule has 10 heteroatoms. The number of hydrogen-bond acceptors (Lipinski definition) is 10. The molecule has 314 valence electrons. The minimum atomic E-state index is -0.195. The van der Waals surface area contributed by atoms with Crippen LogP contribution in [-0.2, 0) is 46.1 Å². The Bertz CT molecular complexity index is 1800. The molecule has 0 spiro atoms. The van der Waals surface area contributed by atoms with E-state index in [1.807, 2.05) is 0 Å². The predicted molar refractivity (Wildman–Crippen MR) is 241 cm³/mol. The van der Waals surface area contributed by atoms with E-state index in [0.717, 1.165) is 95.0 Å². The van der Waals surface area contributed by atoms with Crippen molar-refractivity contribution in [2.24, 2.45) is 23.3 Å². The van der Waals surface area contributed by atoms with E-state index in [9.17, 15) is 19.2 Å². The third-order valence-corrected chi connectivity index (χ3v) is 14.0.